The minimum atomic E-state index is -1.09. The zero-order valence-corrected chi connectivity index (χ0v) is 12.6. The van der Waals surface area contributed by atoms with E-state index in [9.17, 15) is 19.1 Å². The molecule has 0 aliphatic heterocycles. The summed E-state index contributed by atoms with van der Waals surface area (Å²) in [5.41, 5.74) is 0.344. The van der Waals surface area contributed by atoms with Crippen molar-refractivity contribution in [1.29, 1.82) is 0 Å². The van der Waals surface area contributed by atoms with Gasteiger partial charge in [-0.3, -0.25) is 4.79 Å². The van der Waals surface area contributed by atoms with E-state index in [1.54, 1.807) is 12.1 Å². The first-order valence-corrected chi connectivity index (χ1v) is 7.70. The Hall–Kier alpha value is -1.91. The molecule has 0 radical (unpaired) electrons. The van der Waals surface area contributed by atoms with Crippen LogP contribution in [-0.2, 0) is 16.1 Å². The molecular weight excluding hydrogens is 285 g/mol. The third-order valence-corrected chi connectivity index (χ3v) is 4.37. The summed E-state index contributed by atoms with van der Waals surface area (Å²) in [6, 6.07) is 5.93. The van der Waals surface area contributed by atoms with Gasteiger partial charge in [0.05, 0.1) is 0 Å². The summed E-state index contributed by atoms with van der Waals surface area (Å²) in [7, 11) is 0. The molecule has 1 saturated carbocycles. The van der Waals surface area contributed by atoms with Crippen LogP contribution in [0.15, 0.2) is 24.3 Å². The number of carbonyl (C=O) groups excluding carboxylic acids is 2. The highest BCUT2D eigenvalue weighted by Crippen LogP contribution is 2.42. The maximum Gasteiger partial charge on any atom is 0.220 e. The van der Waals surface area contributed by atoms with E-state index in [0.717, 1.165) is 37.7 Å². The van der Waals surface area contributed by atoms with Crippen molar-refractivity contribution in [1.82, 2.24) is 5.32 Å². The van der Waals surface area contributed by atoms with Gasteiger partial charge in [0.2, 0.25) is 5.91 Å². The van der Waals surface area contributed by atoms with E-state index < -0.39 is 11.4 Å². The second-order valence-corrected chi connectivity index (χ2v) is 6.19. The number of carboxylic acid groups (broad SMARTS) is 1. The van der Waals surface area contributed by atoms with E-state index in [-0.39, 0.29) is 24.6 Å². The van der Waals surface area contributed by atoms with Crippen molar-refractivity contribution in [2.75, 3.05) is 0 Å². The monoisotopic (exact) mass is 306 g/mol. The fourth-order valence-electron chi connectivity index (χ4n) is 3.23. The fourth-order valence-corrected chi connectivity index (χ4v) is 3.23. The van der Waals surface area contributed by atoms with Crippen LogP contribution in [0.5, 0.6) is 0 Å². The van der Waals surface area contributed by atoms with Crippen LogP contribution in [-0.4, -0.2) is 11.9 Å². The van der Waals surface area contributed by atoms with Crippen LogP contribution in [0.25, 0.3) is 0 Å². The van der Waals surface area contributed by atoms with Crippen LogP contribution in [0, 0.1) is 11.2 Å². The lowest BCUT2D eigenvalue weighted by Gasteiger charge is -2.37. The molecule has 0 unspecified atom stereocenters. The maximum absolute atomic E-state index is 12.8. The molecule has 1 fully saturated rings. The van der Waals surface area contributed by atoms with Crippen LogP contribution >= 0.6 is 0 Å². The molecule has 1 aliphatic rings. The third kappa shape index (κ3) is 4.83. The first kappa shape index (κ1) is 16.5. The van der Waals surface area contributed by atoms with E-state index in [1.165, 1.54) is 12.1 Å². The average molecular weight is 306 g/mol. The van der Waals surface area contributed by atoms with Crippen LogP contribution in [0.4, 0.5) is 4.39 Å². The van der Waals surface area contributed by atoms with Crippen molar-refractivity contribution in [3.63, 3.8) is 0 Å². The highest BCUT2D eigenvalue weighted by atomic mass is 19.1. The van der Waals surface area contributed by atoms with Crippen molar-refractivity contribution in [3.8, 4) is 0 Å². The number of hydrogen-bond donors (Lipinski definition) is 1. The summed E-state index contributed by atoms with van der Waals surface area (Å²) in [6.07, 6.45) is 4.66. The summed E-state index contributed by atoms with van der Waals surface area (Å²) in [5, 5.41) is 13.8. The Labute approximate surface area is 129 Å². The van der Waals surface area contributed by atoms with Crippen molar-refractivity contribution >= 4 is 11.9 Å². The molecule has 0 atom stereocenters. The van der Waals surface area contributed by atoms with E-state index in [1.807, 2.05) is 0 Å². The van der Waals surface area contributed by atoms with Crippen molar-refractivity contribution < 1.29 is 19.1 Å². The van der Waals surface area contributed by atoms with Gasteiger partial charge in [-0.2, -0.15) is 0 Å². The molecule has 1 amide bonds. The molecule has 0 spiro atoms. The van der Waals surface area contributed by atoms with Gasteiger partial charge in [-0.15, -0.1) is 0 Å². The summed E-state index contributed by atoms with van der Waals surface area (Å²) in [5.74, 6) is -1.56. The molecule has 2 rings (SSSR count). The lowest BCUT2D eigenvalue weighted by molar-refractivity contribution is -0.308. The summed E-state index contributed by atoms with van der Waals surface area (Å²) < 4.78 is 12.8. The maximum atomic E-state index is 12.8. The minimum absolute atomic E-state index is 0.0586. The van der Waals surface area contributed by atoms with Gasteiger partial charge in [0.25, 0.3) is 0 Å². The zero-order chi connectivity index (χ0) is 16.0. The normalized spacial score (nSPS) is 17.0. The van der Waals surface area contributed by atoms with Gasteiger partial charge in [-0.1, -0.05) is 31.4 Å². The second-order valence-electron chi connectivity index (χ2n) is 6.19. The lowest BCUT2D eigenvalue weighted by Crippen LogP contribution is -2.38. The average Bonchev–Trinajstić information content (AvgIpc) is 2.46. The van der Waals surface area contributed by atoms with Crippen LogP contribution in [0.1, 0.15) is 50.5 Å². The predicted octanol–water partition coefficient (Wildman–Crippen LogP) is 1.92. The van der Waals surface area contributed by atoms with Crippen LogP contribution < -0.4 is 10.4 Å². The Bertz CT molecular complexity index is 521. The molecule has 0 aromatic heterocycles. The Morgan fingerprint density at radius 2 is 1.73 bits per heavy atom. The first-order chi connectivity index (χ1) is 10.5. The molecule has 5 heteroatoms. The van der Waals surface area contributed by atoms with Crippen LogP contribution in [0.3, 0.4) is 0 Å². The second kappa shape index (κ2) is 7.38. The van der Waals surface area contributed by atoms with E-state index >= 15 is 0 Å². The highest BCUT2D eigenvalue weighted by molar-refractivity contribution is 5.77. The topological polar surface area (TPSA) is 69.2 Å². The quantitative estimate of drug-likeness (QED) is 0.873. The number of hydrogen-bond acceptors (Lipinski definition) is 3. The number of benzene rings is 1. The number of halogens is 1. The summed E-state index contributed by atoms with van der Waals surface area (Å²) >= 11 is 0. The number of aliphatic carboxylic acids is 1. The molecule has 1 N–H and O–H groups in total. The molecule has 22 heavy (non-hydrogen) atoms. The van der Waals surface area contributed by atoms with E-state index in [0.29, 0.717) is 6.54 Å². The van der Waals surface area contributed by atoms with Gasteiger partial charge < -0.3 is 15.2 Å². The Balaban J connectivity index is 1.90. The smallest absolute Gasteiger partial charge is 0.220 e. The number of nitrogens with one attached hydrogen (secondary N) is 1. The molecular formula is C17H21FNO3-. The van der Waals surface area contributed by atoms with Crippen LogP contribution in [0.2, 0.25) is 0 Å². The van der Waals surface area contributed by atoms with Gasteiger partial charge in [-0.25, -0.2) is 4.39 Å². The Kier molecular flexibility index (Phi) is 5.52. The first-order valence-electron chi connectivity index (χ1n) is 7.70. The molecule has 0 bridgehead atoms. The van der Waals surface area contributed by atoms with E-state index in [2.05, 4.69) is 5.32 Å². The van der Waals surface area contributed by atoms with Gasteiger partial charge in [0.1, 0.15) is 5.82 Å². The molecule has 120 valence electrons. The third-order valence-electron chi connectivity index (χ3n) is 4.37. The molecule has 0 saturated heterocycles. The van der Waals surface area contributed by atoms with Crippen molar-refractivity contribution in [2.24, 2.45) is 5.41 Å². The number of carbonyl (C=O) groups is 2. The molecule has 1 aromatic carbocycles. The van der Waals surface area contributed by atoms with E-state index in [4.69, 9.17) is 0 Å². The summed E-state index contributed by atoms with van der Waals surface area (Å²) in [6.45, 7) is 0.320. The van der Waals surface area contributed by atoms with Crippen molar-refractivity contribution in [2.45, 2.75) is 51.5 Å². The number of carboxylic acids is 1. The molecule has 1 aromatic rings. The number of amides is 1. The lowest BCUT2D eigenvalue weighted by atomic mass is 9.69. The summed E-state index contributed by atoms with van der Waals surface area (Å²) in [4.78, 5) is 23.1. The van der Waals surface area contributed by atoms with Gasteiger partial charge in [0, 0.05) is 18.9 Å². The molecule has 1 aliphatic carbocycles. The highest BCUT2D eigenvalue weighted by Gasteiger charge is 2.34. The number of rotatable bonds is 6. The fraction of sp³-hybridized carbons (Fsp3) is 0.529. The largest absolute Gasteiger partial charge is 0.550 e. The van der Waals surface area contributed by atoms with Gasteiger partial charge >= 0.3 is 0 Å². The van der Waals surface area contributed by atoms with Gasteiger partial charge in [-0.05, 0) is 42.4 Å². The van der Waals surface area contributed by atoms with Crippen molar-refractivity contribution in [3.05, 3.63) is 35.6 Å². The van der Waals surface area contributed by atoms with Gasteiger partial charge in [0.15, 0.2) is 0 Å². The Morgan fingerprint density at radius 3 is 2.32 bits per heavy atom. The minimum Gasteiger partial charge on any atom is -0.550 e. The molecule has 0 heterocycles. The standard InChI is InChI=1S/C17H22FNO3/c18-14-6-4-13(5-7-14)12-19-15(20)10-17(11-16(21)22)8-2-1-3-9-17/h4-7H,1-3,8-12H2,(H,19,20)(H,21,22)/p-1. The Morgan fingerprint density at radius 1 is 1.09 bits per heavy atom. The molecule has 4 nitrogen and oxygen atoms in total. The SMILES string of the molecule is O=C([O-])CC1(CC(=O)NCc2ccc(F)cc2)CCCCC1. The predicted molar refractivity (Wildman–Crippen MR) is 78.0 cm³/mol. The zero-order valence-electron chi connectivity index (χ0n) is 12.6.